The van der Waals surface area contributed by atoms with E-state index in [1.807, 2.05) is 24.3 Å². The summed E-state index contributed by atoms with van der Waals surface area (Å²) in [4.78, 5) is 25.4. The smallest absolute Gasteiger partial charge is 0.225 e. The molecule has 1 aliphatic heterocycles. The van der Waals surface area contributed by atoms with Crippen LogP contribution in [0.15, 0.2) is 59.8 Å². The van der Waals surface area contributed by atoms with Crippen LogP contribution in [0.2, 0.25) is 0 Å². The van der Waals surface area contributed by atoms with Crippen molar-refractivity contribution in [3.8, 4) is 5.75 Å². The summed E-state index contributed by atoms with van der Waals surface area (Å²) in [7, 11) is 1.59. The zero-order chi connectivity index (χ0) is 19.0. The van der Waals surface area contributed by atoms with E-state index >= 15 is 0 Å². The van der Waals surface area contributed by atoms with Gasteiger partial charge in [0.25, 0.3) is 0 Å². The molecule has 27 heavy (non-hydrogen) atoms. The third-order valence-corrected chi connectivity index (χ3v) is 5.39. The van der Waals surface area contributed by atoms with E-state index in [4.69, 9.17) is 4.74 Å². The van der Waals surface area contributed by atoms with E-state index in [1.54, 1.807) is 19.2 Å². The van der Waals surface area contributed by atoms with Crippen molar-refractivity contribution in [2.75, 3.05) is 7.11 Å². The fourth-order valence-electron chi connectivity index (χ4n) is 4.15. The molecule has 2 aromatic carbocycles. The summed E-state index contributed by atoms with van der Waals surface area (Å²) < 4.78 is 18.7. The van der Waals surface area contributed by atoms with Gasteiger partial charge in [-0.15, -0.1) is 0 Å². The molecule has 0 spiro atoms. The van der Waals surface area contributed by atoms with E-state index in [-0.39, 0.29) is 35.8 Å². The van der Waals surface area contributed by atoms with Gasteiger partial charge in [-0.2, -0.15) is 0 Å². The van der Waals surface area contributed by atoms with Crippen molar-refractivity contribution in [1.82, 2.24) is 5.32 Å². The molecule has 4 rings (SSSR count). The Balaban J connectivity index is 1.73. The summed E-state index contributed by atoms with van der Waals surface area (Å²) in [6, 6.07) is 13.7. The van der Waals surface area contributed by atoms with Crippen molar-refractivity contribution in [2.24, 2.45) is 0 Å². The number of Topliss-reactive ketones (excluding diaryl/α,β-unsaturated/α-hetero) is 1. The molecule has 0 saturated carbocycles. The molecule has 4 nitrogen and oxygen atoms in total. The number of amides is 1. The number of hydrogen-bond acceptors (Lipinski definition) is 3. The van der Waals surface area contributed by atoms with Crippen molar-refractivity contribution >= 4 is 11.7 Å². The SMILES string of the molecule is COc1ccccc1[C@H]1CC(=O)NC2=C1C(=O)C[C@H](c1ccc(F)cc1)C2. The van der Waals surface area contributed by atoms with Gasteiger partial charge < -0.3 is 10.1 Å². The minimum absolute atomic E-state index is 0.0291. The van der Waals surface area contributed by atoms with Gasteiger partial charge in [0.15, 0.2) is 5.78 Å². The molecule has 0 saturated heterocycles. The average Bonchev–Trinajstić information content (AvgIpc) is 2.67. The molecule has 1 amide bonds. The largest absolute Gasteiger partial charge is 0.496 e. The quantitative estimate of drug-likeness (QED) is 0.899. The Morgan fingerprint density at radius 3 is 2.48 bits per heavy atom. The number of rotatable bonds is 3. The number of nitrogens with one attached hydrogen (secondary N) is 1. The minimum Gasteiger partial charge on any atom is -0.496 e. The molecule has 1 aliphatic carbocycles. The summed E-state index contributed by atoms with van der Waals surface area (Å²) in [6.45, 7) is 0. The van der Waals surface area contributed by atoms with E-state index in [1.165, 1.54) is 12.1 Å². The van der Waals surface area contributed by atoms with Crippen LogP contribution >= 0.6 is 0 Å². The highest BCUT2D eigenvalue weighted by Crippen LogP contribution is 2.44. The maximum atomic E-state index is 13.2. The zero-order valence-corrected chi connectivity index (χ0v) is 15.0. The number of para-hydroxylation sites is 1. The lowest BCUT2D eigenvalue weighted by atomic mass is 9.73. The van der Waals surface area contributed by atoms with Crippen LogP contribution in [-0.2, 0) is 9.59 Å². The van der Waals surface area contributed by atoms with Gasteiger partial charge in [0, 0.05) is 35.6 Å². The van der Waals surface area contributed by atoms with Crippen molar-refractivity contribution in [2.45, 2.75) is 31.1 Å². The van der Waals surface area contributed by atoms with Crippen molar-refractivity contribution in [3.63, 3.8) is 0 Å². The Morgan fingerprint density at radius 1 is 1.00 bits per heavy atom. The fraction of sp³-hybridized carbons (Fsp3) is 0.273. The number of carbonyl (C=O) groups excluding carboxylic acids is 2. The highest BCUT2D eigenvalue weighted by atomic mass is 19.1. The van der Waals surface area contributed by atoms with E-state index in [0.29, 0.717) is 29.9 Å². The summed E-state index contributed by atoms with van der Waals surface area (Å²) in [5.41, 5.74) is 3.13. The van der Waals surface area contributed by atoms with Gasteiger partial charge in [-0.05, 0) is 36.1 Å². The first-order chi connectivity index (χ1) is 13.1. The number of carbonyl (C=O) groups is 2. The lowest BCUT2D eigenvalue weighted by Crippen LogP contribution is -2.38. The minimum atomic E-state index is -0.303. The van der Waals surface area contributed by atoms with Crippen molar-refractivity contribution < 1.29 is 18.7 Å². The van der Waals surface area contributed by atoms with Crippen molar-refractivity contribution in [3.05, 3.63) is 76.7 Å². The van der Waals surface area contributed by atoms with Crippen LogP contribution in [-0.4, -0.2) is 18.8 Å². The number of ether oxygens (including phenoxy) is 1. The van der Waals surface area contributed by atoms with Gasteiger partial charge in [0.1, 0.15) is 11.6 Å². The van der Waals surface area contributed by atoms with Crippen LogP contribution in [0.5, 0.6) is 5.75 Å². The number of halogens is 1. The topological polar surface area (TPSA) is 55.4 Å². The highest BCUT2D eigenvalue weighted by molar-refractivity contribution is 6.02. The molecule has 0 aromatic heterocycles. The monoisotopic (exact) mass is 365 g/mol. The third-order valence-electron chi connectivity index (χ3n) is 5.39. The van der Waals surface area contributed by atoms with Crippen LogP contribution in [0, 0.1) is 5.82 Å². The Morgan fingerprint density at radius 2 is 1.74 bits per heavy atom. The molecule has 0 bridgehead atoms. The molecule has 5 heteroatoms. The second kappa shape index (κ2) is 6.99. The first kappa shape index (κ1) is 17.5. The lowest BCUT2D eigenvalue weighted by Gasteiger charge is -2.34. The zero-order valence-electron chi connectivity index (χ0n) is 15.0. The lowest BCUT2D eigenvalue weighted by molar-refractivity contribution is -0.122. The second-order valence-corrected chi connectivity index (χ2v) is 7.02. The fourth-order valence-corrected chi connectivity index (χ4v) is 4.15. The molecular weight excluding hydrogens is 345 g/mol. The van der Waals surface area contributed by atoms with Gasteiger partial charge in [0.2, 0.25) is 5.91 Å². The van der Waals surface area contributed by atoms with Crippen LogP contribution in [0.3, 0.4) is 0 Å². The number of allylic oxidation sites excluding steroid dienone is 2. The number of benzene rings is 2. The highest BCUT2D eigenvalue weighted by Gasteiger charge is 2.39. The molecule has 1 N–H and O–H groups in total. The first-order valence-corrected chi connectivity index (χ1v) is 9.01. The van der Waals surface area contributed by atoms with Gasteiger partial charge in [-0.1, -0.05) is 30.3 Å². The first-order valence-electron chi connectivity index (χ1n) is 9.01. The number of ketones is 1. The van der Waals surface area contributed by atoms with Gasteiger partial charge in [-0.25, -0.2) is 4.39 Å². The summed E-state index contributed by atoms with van der Waals surface area (Å²) >= 11 is 0. The number of methoxy groups -OCH3 is 1. The van der Waals surface area contributed by atoms with Crippen molar-refractivity contribution in [1.29, 1.82) is 0 Å². The molecule has 0 unspecified atom stereocenters. The van der Waals surface area contributed by atoms with E-state index in [0.717, 1.165) is 11.1 Å². The van der Waals surface area contributed by atoms with Crippen LogP contribution in [0.1, 0.15) is 42.2 Å². The van der Waals surface area contributed by atoms with Crippen LogP contribution in [0.4, 0.5) is 4.39 Å². The second-order valence-electron chi connectivity index (χ2n) is 7.02. The van der Waals surface area contributed by atoms with E-state index in [2.05, 4.69) is 5.32 Å². The third kappa shape index (κ3) is 3.25. The van der Waals surface area contributed by atoms with E-state index in [9.17, 15) is 14.0 Å². The Labute approximate surface area is 157 Å². The normalized spacial score (nSPS) is 22.3. The van der Waals surface area contributed by atoms with Gasteiger partial charge >= 0.3 is 0 Å². The molecule has 2 aromatic rings. The number of hydrogen-bond donors (Lipinski definition) is 1. The molecule has 0 fully saturated rings. The Kier molecular flexibility index (Phi) is 4.52. The molecular formula is C22H20FNO3. The van der Waals surface area contributed by atoms with Gasteiger partial charge in [-0.3, -0.25) is 9.59 Å². The molecule has 2 atom stereocenters. The molecule has 2 aliphatic rings. The Hall–Kier alpha value is -2.95. The standard InChI is InChI=1S/C22H20FNO3/c1-27-20-5-3-2-4-16(20)17-12-21(26)24-18-10-14(11-19(25)22(17)18)13-6-8-15(23)9-7-13/h2-9,14,17H,10-12H2,1H3,(H,24,26)/t14-,17-/m1/s1. The van der Waals surface area contributed by atoms with Gasteiger partial charge in [0.05, 0.1) is 7.11 Å². The average molecular weight is 365 g/mol. The maximum absolute atomic E-state index is 13.2. The van der Waals surface area contributed by atoms with Crippen LogP contribution in [0.25, 0.3) is 0 Å². The predicted octanol–water partition coefficient (Wildman–Crippen LogP) is 3.84. The molecule has 138 valence electrons. The maximum Gasteiger partial charge on any atom is 0.225 e. The summed E-state index contributed by atoms with van der Waals surface area (Å²) in [5, 5.41) is 2.90. The Bertz CT molecular complexity index is 933. The summed E-state index contributed by atoms with van der Waals surface area (Å²) in [6.07, 6.45) is 1.14. The van der Waals surface area contributed by atoms with E-state index < -0.39 is 0 Å². The van der Waals surface area contributed by atoms with Crippen LogP contribution < -0.4 is 10.1 Å². The summed E-state index contributed by atoms with van der Waals surface area (Å²) in [5.74, 6) is -0.0562. The predicted molar refractivity (Wildman–Crippen MR) is 98.9 cm³/mol. The molecule has 1 heterocycles. The molecule has 0 radical (unpaired) electrons.